The molecule has 0 saturated carbocycles. The maximum absolute atomic E-state index is 12.9. The number of nitrogens with zero attached hydrogens (tertiary/aromatic N) is 1. The Morgan fingerprint density at radius 1 is 1.00 bits per heavy atom. The van der Waals surface area contributed by atoms with Crippen LogP contribution in [0.15, 0.2) is 72.8 Å². The highest BCUT2D eigenvalue weighted by Gasteiger charge is 2.28. The fourth-order valence-electron chi connectivity index (χ4n) is 3.42. The molecule has 0 bridgehead atoms. The Morgan fingerprint density at radius 2 is 1.73 bits per heavy atom. The zero-order valence-electron chi connectivity index (χ0n) is 16.8. The SMILES string of the molecule is COc1ccc2c(c1OC)CO/C(=C\c1cc[n+](Cc3ccccc3)cc1)C2=O.[Br-]. The van der Waals surface area contributed by atoms with E-state index < -0.39 is 0 Å². The van der Waals surface area contributed by atoms with Gasteiger partial charge < -0.3 is 31.2 Å². The van der Waals surface area contributed by atoms with Gasteiger partial charge in [-0.25, -0.2) is 4.57 Å². The van der Waals surface area contributed by atoms with Crippen LogP contribution in [-0.2, 0) is 17.9 Å². The van der Waals surface area contributed by atoms with Gasteiger partial charge in [-0.1, -0.05) is 30.3 Å². The van der Waals surface area contributed by atoms with Crippen molar-refractivity contribution in [3.63, 3.8) is 0 Å². The van der Waals surface area contributed by atoms with E-state index in [4.69, 9.17) is 14.2 Å². The van der Waals surface area contributed by atoms with E-state index in [1.165, 1.54) is 5.56 Å². The van der Waals surface area contributed by atoms with Gasteiger partial charge in [0.1, 0.15) is 6.61 Å². The summed E-state index contributed by atoms with van der Waals surface area (Å²) in [4.78, 5) is 12.9. The van der Waals surface area contributed by atoms with Crippen molar-refractivity contribution >= 4 is 11.9 Å². The molecule has 0 atom stereocenters. The monoisotopic (exact) mass is 467 g/mol. The molecule has 2 heterocycles. The van der Waals surface area contributed by atoms with E-state index in [9.17, 15) is 4.79 Å². The number of hydrogen-bond donors (Lipinski definition) is 0. The van der Waals surface area contributed by atoms with Gasteiger partial charge in [0.2, 0.25) is 5.78 Å². The van der Waals surface area contributed by atoms with Crippen LogP contribution in [0, 0.1) is 0 Å². The maximum atomic E-state index is 12.9. The number of fused-ring (bicyclic) bond motifs is 1. The minimum Gasteiger partial charge on any atom is -1.00 e. The number of allylic oxidation sites excluding steroid dienone is 1. The van der Waals surface area contributed by atoms with Gasteiger partial charge in [-0.2, -0.15) is 0 Å². The second-order valence-corrected chi connectivity index (χ2v) is 6.74. The number of carbonyl (C=O) groups is 1. The standard InChI is InChI=1S/C24H22NO4.BrH/c1-27-21-9-8-19-20(24(21)28-2)16-29-22(23(19)26)14-17-10-12-25(13-11-17)15-18-6-4-3-5-7-18;/h3-14H,15-16H2,1-2H3;1H/q+1;/p-1/b22-14-;. The van der Waals surface area contributed by atoms with Crippen molar-refractivity contribution in [3.05, 3.63) is 95.0 Å². The predicted molar refractivity (Wildman–Crippen MR) is 109 cm³/mol. The first kappa shape index (κ1) is 21.6. The van der Waals surface area contributed by atoms with E-state index in [1.807, 2.05) is 42.7 Å². The molecular weight excluding hydrogens is 446 g/mol. The van der Waals surface area contributed by atoms with Gasteiger partial charge in [-0.05, 0) is 23.8 Å². The van der Waals surface area contributed by atoms with Gasteiger partial charge in [-0.3, -0.25) is 4.79 Å². The first-order chi connectivity index (χ1) is 14.2. The molecule has 30 heavy (non-hydrogen) atoms. The summed E-state index contributed by atoms with van der Waals surface area (Å²) in [5, 5.41) is 0. The van der Waals surface area contributed by atoms with E-state index in [0.717, 1.165) is 12.1 Å². The number of pyridine rings is 1. The molecular formula is C24H22BrNO4. The third-order valence-corrected chi connectivity index (χ3v) is 4.91. The lowest BCUT2D eigenvalue weighted by molar-refractivity contribution is -0.688. The fraction of sp³-hybridized carbons (Fsp3) is 0.167. The minimum absolute atomic E-state index is 0. The average molecular weight is 468 g/mol. The lowest BCUT2D eigenvalue weighted by atomic mass is 9.98. The lowest BCUT2D eigenvalue weighted by Crippen LogP contribution is -3.00. The van der Waals surface area contributed by atoms with Crippen molar-refractivity contribution in [3.8, 4) is 11.5 Å². The van der Waals surface area contributed by atoms with E-state index >= 15 is 0 Å². The van der Waals surface area contributed by atoms with E-state index in [0.29, 0.717) is 28.4 Å². The second kappa shape index (κ2) is 9.59. The lowest BCUT2D eigenvalue weighted by Gasteiger charge is -2.22. The summed E-state index contributed by atoms with van der Waals surface area (Å²) in [6, 6.07) is 17.7. The number of rotatable bonds is 5. The number of aromatic nitrogens is 1. The summed E-state index contributed by atoms with van der Waals surface area (Å²) in [5.74, 6) is 1.29. The topological polar surface area (TPSA) is 48.6 Å². The van der Waals surface area contributed by atoms with Crippen molar-refractivity contribution in [2.45, 2.75) is 13.2 Å². The van der Waals surface area contributed by atoms with Gasteiger partial charge in [0.05, 0.1) is 14.2 Å². The van der Waals surface area contributed by atoms with Crippen molar-refractivity contribution in [2.75, 3.05) is 14.2 Å². The Kier molecular flexibility index (Phi) is 6.90. The highest BCUT2D eigenvalue weighted by molar-refractivity contribution is 6.12. The largest absolute Gasteiger partial charge is 1.00 e. The van der Waals surface area contributed by atoms with Gasteiger partial charge in [0.25, 0.3) is 0 Å². The van der Waals surface area contributed by atoms with Gasteiger partial charge in [0.15, 0.2) is 36.2 Å². The van der Waals surface area contributed by atoms with E-state index in [2.05, 4.69) is 16.7 Å². The number of halogens is 1. The third kappa shape index (κ3) is 4.39. The first-order valence-electron chi connectivity index (χ1n) is 9.35. The van der Waals surface area contributed by atoms with Crippen LogP contribution < -0.4 is 31.0 Å². The molecule has 1 aliphatic heterocycles. The molecule has 1 aliphatic rings. The summed E-state index contributed by atoms with van der Waals surface area (Å²) in [7, 11) is 3.13. The molecule has 0 amide bonds. The third-order valence-electron chi connectivity index (χ3n) is 4.91. The molecule has 6 heteroatoms. The van der Waals surface area contributed by atoms with Gasteiger partial charge >= 0.3 is 0 Å². The van der Waals surface area contributed by atoms with Crippen molar-refractivity contribution in [1.82, 2.24) is 0 Å². The smallest absolute Gasteiger partial charge is 0.228 e. The highest BCUT2D eigenvalue weighted by Crippen LogP contribution is 2.37. The second-order valence-electron chi connectivity index (χ2n) is 6.74. The Labute approximate surface area is 186 Å². The van der Waals surface area contributed by atoms with Crippen LogP contribution in [0.3, 0.4) is 0 Å². The highest BCUT2D eigenvalue weighted by atomic mass is 79.9. The molecule has 2 aromatic carbocycles. The molecule has 3 aromatic rings. The number of benzene rings is 2. The van der Waals surface area contributed by atoms with E-state index in [1.54, 1.807) is 32.4 Å². The number of ether oxygens (including phenoxy) is 3. The van der Waals surface area contributed by atoms with Crippen LogP contribution in [0.4, 0.5) is 0 Å². The van der Waals surface area contributed by atoms with Crippen molar-refractivity contribution in [1.29, 1.82) is 0 Å². The maximum Gasteiger partial charge on any atom is 0.228 e. The molecule has 5 nitrogen and oxygen atoms in total. The van der Waals surface area contributed by atoms with Crippen LogP contribution in [0.1, 0.15) is 27.0 Å². The Balaban J connectivity index is 0.00000256. The van der Waals surface area contributed by atoms with Crippen LogP contribution in [-0.4, -0.2) is 20.0 Å². The first-order valence-corrected chi connectivity index (χ1v) is 9.35. The molecule has 0 saturated heterocycles. The van der Waals surface area contributed by atoms with E-state index in [-0.39, 0.29) is 29.4 Å². The molecule has 4 rings (SSSR count). The molecule has 0 unspecified atom stereocenters. The summed E-state index contributed by atoms with van der Waals surface area (Å²) >= 11 is 0. The molecule has 0 aliphatic carbocycles. The quantitative estimate of drug-likeness (QED) is 0.411. The Morgan fingerprint density at radius 3 is 2.40 bits per heavy atom. The molecule has 0 radical (unpaired) electrons. The number of hydrogen-bond acceptors (Lipinski definition) is 4. The fourth-order valence-corrected chi connectivity index (χ4v) is 3.42. The van der Waals surface area contributed by atoms with Crippen LogP contribution in [0.25, 0.3) is 6.08 Å². The number of carbonyl (C=O) groups excluding carboxylic acids is 1. The predicted octanol–water partition coefficient (Wildman–Crippen LogP) is 0.798. The normalized spacial score (nSPS) is 13.8. The van der Waals surface area contributed by atoms with Crippen molar-refractivity contribution in [2.24, 2.45) is 0 Å². The molecule has 0 N–H and O–H groups in total. The molecule has 154 valence electrons. The number of Topliss-reactive ketones (excluding diaryl/α,β-unsaturated/α-hetero) is 1. The molecule has 0 spiro atoms. The summed E-state index contributed by atoms with van der Waals surface area (Å²) in [6.45, 7) is 1.05. The molecule has 0 fully saturated rings. The van der Waals surface area contributed by atoms with Crippen LogP contribution >= 0.6 is 0 Å². The Hall–Kier alpha value is -3.12. The zero-order valence-corrected chi connectivity index (χ0v) is 18.4. The van der Waals surface area contributed by atoms with Crippen molar-refractivity contribution < 1.29 is 40.6 Å². The van der Waals surface area contributed by atoms with Crippen LogP contribution in [0.2, 0.25) is 0 Å². The molecule has 1 aromatic heterocycles. The Bertz CT molecular complexity index is 1060. The van der Waals surface area contributed by atoms with Gasteiger partial charge in [0, 0.05) is 28.8 Å². The number of methoxy groups -OCH3 is 2. The summed E-state index contributed by atoms with van der Waals surface area (Å²) < 4.78 is 18.6. The summed E-state index contributed by atoms with van der Waals surface area (Å²) in [6.07, 6.45) is 5.76. The zero-order chi connectivity index (χ0) is 20.2. The average Bonchev–Trinajstić information content (AvgIpc) is 2.77. The van der Waals surface area contributed by atoms with Gasteiger partial charge in [-0.15, -0.1) is 0 Å². The number of ketones is 1. The van der Waals surface area contributed by atoms with Crippen LogP contribution in [0.5, 0.6) is 11.5 Å². The minimum atomic E-state index is -0.159. The summed E-state index contributed by atoms with van der Waals surface area (Å²) in [5.41, 5.74) is 3.43.